The van der Waals surface area contributed by atoms with Crippen LogP contribution in [-0.2, 0) is 10.0 Å². The molecule has 8 nitrogen and oxygen atoms in total. The van der Waals surface area contributed by atoms with Gasteiger partial charge in [-0.05, 0) is 19.3 Å². The van der Waals surface area contributed by atoms with E-state index in [4.69, 9.17) is 5.41 Å². The minimum Gasteiger partial charge on any atom is -0.367 e. The fourth-order valence-electron chi connectivity index (χ4n) is 3.88. The number of H-pyrrole nitrogens is 1. The molecule has 1 aromatic heterocycles. The molecule has 1 saturated carbocycles. The average molecular weight is 410 g/mol. The van der Waals surface area contributed by atoms with Crippen LogP contribution in [0.15, 0.2) is 4.79 Å². The lowest BCUT2D eigenvalue weighted by molar-refractivity contribution is 0.255. The fraction of sp³-hybridized carbons (Fsp3) is 0.737. The normalized spacial score (nSPS) is 19.3. The van der Waals surface area contributed by atoms with Crippen LogP contribution < -0.4 is 10.9 Å². The van der Waals surface area contributed by atoms with Gasteiger partial charge < -0.3 is 15.7 Å². The first-order chi connectivity index (χ1) is 13.4. The highest BCUT2D eigenvalue weighted by Crippen LogP contribution is 2.29. The van der Waals surface area contributed by atoms with Gasteiger partial charge in [0.1, 0.15) is 11.6 Å². The van der Waals surface area contributed by atoms with Crippen LogP contribution in [0.5, 0.6) is 0 Å². The second kappa shape index (κ2) is 9.17. The maximum absolute atomic E-state index is 12.4. The number of hydrogen-bond donors (Lipinski definition) is 3. The van der Waals surface area contributed by atoms with Crippen molar-refractivity contribution in [2.75, 3.05) is 24.2 Å². The molecule has 0 radical (unpaired) electrons. The number of hydrogen-bond acceptors (Lipinski definition) is 6. The molecule has 1 aliphatic heterocycles. The molecule has 0 atom stereocenters. The number of anilines is 1. The minimum atomic E-state index is -3.23. The van der Waals surface area contributed by atoms with E-state index < -0.39 is 10.0 Å². The van der Waals surface area contributed by atoms with Crippen molar-refractivity contribution in [2.45, 2.75) is 70.3 Å². The molecule has 0 unspecified atom stereocenters. The third-order valence-corrected chi connectivity index (χ3v) is 7.59. The average Bonchev–Trinajstić information content (AvgIpc) is 2.61. The van der Waals surface area contributed by atoms with Crippen molar-refractivity contribution in [3.8, 4) is 0 Å². The lowest BCUT2D eigenvalue weighted by atomic mass is 9.95. The van der Waals surface area contributed by atoms with E-state index in [2.05, 4.69) is 15.3 Å². The smallest absolute Gasteiger partial charge is 0.261 e. The van der Waals surface area contributed by atoms with E-state index in [0.29, 0.717) is 31.2 Å². The second-order valence-electron chi connectivity index (χ2n) is 7.87. The summed E-state index contributed by atoms with van der Waals surface area (Å²) in [6.07, 6.45) is 9.22. The Balaban J connectivity index is 1.69. The summed E-state index contributed by atoms with van der Waals surface area (Å²) in [4.78, 5) is 19.7. The Bertz CT molecular complexity index is 840. The highest BCUT2D eigenvalue weighted by atomic mass is 32.2. The molecule has 1 aromatic rings. The number of aromatic nitrogens is 2. The Morgan fingerprint density at radius 3 is 2.61 bits per heavy atom. The van der Waals surface area contributed by atoms with E-state index in [0.717, 1.165) is 44.7 Å². The number of rotatable bonds is 9. The number of nitrogens with one attached hydrogen (secondary N) is 3. The highest BCUT2D eigenvalue weighted by Gasteiger charge is 2.38. The lowest BCUT2D eigenvalue weighted by Crippen LogP contribution is -2.50. The fourth-order valence-corrected chi connectivity index (χ4v) is 5.52. The third-order valence-electron chi connectivity index (χ3n) is 5.70. The van der Waals surface area contributed by atoms with Gasteiger partial charge in [-0.15, -0.1) is 0 Å². The molecule has 0 aromatic carbocycles. The van der Waals surface area contributed by atoms with Crippen molar-refractivity contribution in [1.82, 2.24) is 14.3 Å². The van der Waals surface area contributed by atoms with Crippen LogP contribution in [-0.4, -0.2) is 53.8 Å². The van der Waals surface area contributed by atoms with Crippen molar-refractivity contribution in [3.05, 3.63) is 21.7 Å². The van der Waals surface area contributed by atoms with Crippen LogP contribution in [0, 0.1) is 5.41 Å². The van der Waals surface area contributed by atoms with E-state index in [1.165, 1.54) is 10.7 Å². The van der Waals surface area contributed by atoms with Crippen molar-refractivity contribution < 1.29 is 8.42 Å². The molecule has 9 heteroatoms. The topological polar surface area (TPSA) is 119 Å². The van der Waals surface area contributed by atoms with Crippen LogP contribution in [0.1, 0.15) is 75.6 Å². The summed E-state index contributed by atoms with van der Waals surface area (Å²) in [5, 5.41) is 10.9. The second-order valence-corrected chi connectivity index (χ2v) is 9.96. The molecule has 0 spiro atoms. The van der Waals surface area contributed by atoms with Gasteiger partial charge in [0.15, 0.2) is 0 Å². The molecule has 3 rings (SSSR count). The van der Waals surface area contributed by atoms with Gasteiger partial charge in [0.2, 0.25) is 10.0 Å². The maximum Gasteiger partial charge on any atom is 0.261 e. The van der Waals surface area contributed by atoms with E-state index in [1.54, 1.807) is 0 Å². The van der Waals surface area contributed by atoms with E-state index >= 15 is 0 Å². The monoisotopic (exact) mass is 409 g/mol. The Kier molecular flexibility index (Phi) is 6.87. The summed E-state index contributed by atoms with van der Waals surface area (Å²) in [6.45, 7) is 2.75. The predicted molar refractivity (Wildman–Crippen MR) is 111 cm³/mol. The van der Waals surface area contributed by atoms with Gasteiger partial charge in [-0.1, -0.05) is 39.0 Å². The standard InChI is InChI=1S/C19H31N5O3S/c1-2-3-7-10-28(26,27)24-12-14(13-24)17-22-18(16(11-20)19(25)23-17)21-15-8-5-4-6-9-15/h11,14-15,20H,2-10,12-13H2,1H3,(H2,21,22,23,25). The zero-order valence-corrected chi connectivity index (χ0v) is 17.4. The van der Waals surface area contributed by atoms with Gasteiger partial charge in [-0.2, -0.15) is 0 Å². The summed E-state index contributed by atoms with van der Waals surface area (Å²) >= 11 is 0. The van der Waals surface area contributed by atoms with Crippen molar-refractivity contribution in [3.63, 3.8) is 0 Å². The first-order valence-corrected chi connectivity index (χ1v) is 11.9. The van der Waals surface area contributed by atoms with Crippen LogP contribution in [0.3, 0.4) is 0 Å². The molecule has 0 bridgehead atoms. The quantitative estimate of drug-likeness (QED) is 0.427. The molecule has 3 N–H and O–H groups in total. The molecule has 0 amide bonds. The summed E-state index contributed by atoms with van der Waals surface area (Å²) in [5.41, 5.74) is -0.111. The summed E-state index contributed by atoms with van der Waals surface area (Å²) < 4.78 is 26.2. The van der Waals surface area contributed by atoms with Gasteiger partial charge >= 0.3 is 0 Å². The number of aromatic amines is 1. The molecule has 156 valence electrons. The summed E-state index contributed by atoms with van der Waals surface area (Å²) in [7, 11) is -3.23. The number of unbranched alkanes of at least 4 members (excludes halogenated alkanes) is 2. The first-order valence-electron chi connectivity index (χ1n) is 10.3. The summed E-state index contributed by atoms with van der Waals surface area (Å²) in [5.74, 6) is 1.03. The largest absolute Gasteiger partial charge is 0.367 e. The molecular weight excluding hydrogens is 378 g/mol. The SMILES string of the molecule is CCCCCS(=O)(=O)N1CC(c2nc(NC3CCCCC3)c(C=N)c(=O)[nH]2)C1. The summed E-state index contributed by atoms with van der Waals surface area (Å²) in [6, 6.07) is 0.270. The van der Waals surface area contributed by atoms with Crippen molar-refractivity contribution >= 4 is 22.1 Å². The molecule has 1 aliphatic carbocycles. The van der Waals surface area contributed by atoms with Gasteiger partial charge in [0, 0.05) is 31.3 Å². The van der Waals surface area contributed by atoms with Crippen LogP contribution in [0.2, 0.25) is 0 Å². The Labute approximate surface area is 166 Å². The Morgan fingerprint density at radius 1 is 1.25 bits per heavy atom. The number of nitrogens with zero attached hydrogens (tertiary/aromatic N) is 2. The van der Waals surface area contributed by atoms with E-state index in [-0.39, 0.29) is 28.8 Å². The van der Waals surface area contributed by atoms with Crippen molar-refractivity contribution in [1.29, 1.82) is 5.41 Å². The Morgan fingerprint density at radius 2 is 1.96 bits per heavy atom. The van der Waals surface area contributed by atoms with Crippen LogP contribution in [0.25, 0.3) is 0 Å². The molecule has 2 fully saturated rings. The highest BCUT2D eigenvalue weighted by molar-refractivity contribution is 7.89. The molecule has 1 saturated heterocycles. The first kappa shape index (κ1) is 21.0. The molecule has 28 heavy (non-hydrogen) atoms. The maximum atomic E-state index is 12.4. The van der Waals surface area contributed by atoms with E-state index in [9.17, 15) is 13.2 Å². The zero-order chi connectivity index (χ0) is 20.1. The van der Waals surface area contributed by atoms with Gasteiger partial charge in [-0.3, -0.25) is 4.79 Å². The lowest BCUT2D eigenvalue weighted by Gasteiger charge is -2.37. The molecule has 2 aliphatic rings. The predicted octanol–water partition coefficient (Wildman–Crippen LogP) is 2.43. The zero-order valence-electron chi connectivity index (χ0n) is 16.5. The van der Waals surface area contributed by atoms with Crippen LogP contribution >= 0.6 is 0 Å². The molecule has 2 heterocycles. The van der Waals surface area contributed by atoms with Gasteiger partial charge in [0.05, 0.1) is 11.3 Å². The van der Waals surface area contributed by atoms with Crippen LogP contribution in [0.4, 0.5) is 5.82 Å². The minimum absolute atomic E-state index is 0.111. The number of sulfonamides is 1. The third kappa shape index (κ3) is 4.81. The van der Waals surface area contributed by atoms with Crippen molar-refractivity contribution in [2.24, 2.45) is 0 Å². The van der Waals surface area contributed by atoms with Gasteiger partial charge in [0.25, 0.3) is 5.56 Å². The van der Waals surface area contributed by atoms with E-state index in [1.807, 2.05) is 6.92 Å². The molecular formula is C19H31N5O3S. The van der Waals surface area contributed by atoms with Gasteiger partial charge in [-0.25, -0.2) is 17.7 Å². The Hall–Kier alpha value is -1.74.